The van der Waals surface area contributed by atoms with E-state index in [0.29, 0.717) is 4.88 Å². The smallest absolute Gasteiger partial charge is 0.279 e. The Morgan fingerprint density at radius 3 is 2.62 bits per heavy atom. The lowest BCUT2D eigenvalue weighted by Gasteiger charge is -2.07. The number of thioether (sulfide) groups is 1. The van der Waals surface area contributed by atoms with E-state index >= 15 is 0 Å². The van der Waals surface area contributed by atoms with Crippen LogP contribution in [-0.2, 0) is 22.4 Å². The molecule has 1 aromatic heterocycles. The standard InChI is InChI=1S/C21H25N3O3S2/c1-14-6-5-8-16(10-14)22-19(25)12-28-13-20(26)23-24-21(27)18-11-15-7-3-2-4-9-17(15)29-18/h5-6,8,10-11H,2-4,7,9,12-13H2,1H3,(H,22,25)(H,23,26)(H,24,27). The molecule has 8 heteroatoms. The summed E-state index contributed by atoms with van der Waals surface area (Å²) in [5, 5.41) is 2.80. The number of rotatable bonds is 6. The molecule has 1 aliphatic carbocycles. The van der Waals surface area contributed by atoms with Crippen LogP contribution in [0.4, 0.5) is 5.69 Å². The van der Waals surface area contributed by atoms with Gasteiger partial charge < -0.3 is 5.32 Å². The number of anilines is 1. The molecule has 1 aromatic carbocycles. The highest BCUT2D eigenvalue weighted by Gasteiger charge is 2.17. The van der Waals surface area contributed by atoms with Gasteiger partial charge in [-0.2, -0.15) is 0 Å². The largest absolute Gasteiger partial charge is 0.325 e. The molecule has 3 rings (SSSR count). The summed E-state index contributed by atoms with van der Waals surface area (Å²) in [7, 11) is 0. The van der Waals surface area contributed by atoms with E-state index in [0.717, 1.165) is 30.5 Å². The summed E-state index contributed by atoms with van der Waals surface area (Å²) in [5.41, 5.74) is 7.95. The van der Waals surface area contributed by atoms with Crippen molar-refractivity contribution in [3.05, 3.63) is 51.2 Å². The van der Waals surface area contributed by atoms with Crippen molar-refractivity contribution in [3.8, 4) is 0 Å². The molecule has 29 heavy (non-hydrogen) atoms. The van der Waals surface area contributed by atoms with Crippen LogP contribution in [0.1, 0.15) is 44.9 Å². The molecule has 0 spiro atoms. The Bertz CT molecular complexity index is 872. The molecular formula is C21H25N3O3S2. The Labute approximate surface area is 178 Å². The predicted octanol–water partition coefficient (Wildman–Crippen LogP) is 3.46. The van der Waals surface area contributed by atoms with Gasteiger partial charge in [0.25, 0.3) is 5.91 Å². The molecule has 6 nitrogen and oxygen atoms in total. The minimum atomic E-state index is -0.343. The third kappa shape index (κ3) is 6.61. The molecule has 0 radical (unpaired) electrons. The molecule has 2 aromatic rings. The second kappa shape index (κ2) is 10.5. The molecule has 0 bridgehead atoms. The number of amides is 3. The maximum Gasteiger partial charge on any atom is 0.279 e. The average Bonchev–Trinajstić information content (AvgIpc) is 2.97. The number of aryl methyl sites for hydroxylation is 3. The molecule has 3 amide bonds. The third-order valence-electron chi connectivity index (χ3n) is 4.55. The highest BCUT2D eigenvalue weighted by atomic mass is 32.2. The topological polar surface area (TPSA) is 87.3 Å². The van der Waals surface area contributed by atoms with Crippen LogP contribution in [-0.4, -0.2) is 29.2 Å². The van der Waals surface area contributed by atoms with Gasteiger partial charge in [-0.15, -0.1) is 23.1 Å². The first-order valence-electron chi connectivity index (χ1n) is 9.66. The molecule has 0 atom stereocenters. The fourth-order valence-electron chi connectivity index (χ4n) is 3.16. The first-order chi connectivity index (χ1) is 14.0. The molecule has 3 N–H and O–H groups in total. The van der Waals surface area contributed by atoms with Crippen LogP contribution in [0.15, 0.2) is 30.3 Å². The van der Waals surface area contributed by atoms with Gasteiger partial charge in [0.05, 0.1) is 16.4 Å². The van der Waals surface area contributed by atoms with E-state index in [4.69, 9.17) is 0 Å². The zero-order valence-corrected chi connectivity index (χ0v) is 18.0. The van der Waals surface area contributed by atoms with Crippen LogP contribution in [0.25, 0.3) is 0 Å². The van der Waals surface area contributed by atoms with Crippen molar-refractivity contribution < 1.29 is 14.4 Å². The summed E-state index contributed by atoms with van der Waals surface area (Å²) >= 11 is 2.70. The molecule has 0 fully saturated rings. The second-order valence-corrected chi connectivity index (χ2v) is 9.15. The van der Waals surface area contributed by atoms with Crippen molar-refractivity contribution in [3.63, 3.8) is 0 Å². The highest BCUT2D eigenvalue weighted by Crippen LogP contribution is 2.28. The zero-order valence-electron chi connectivity index (χ0n) is 16.4. The van der Waals surface area contributed by atoms with Gasteiger partial charge in [-0.05, 0) is 61.9 Å². The van der Waals surface area contributed by atoms with Gasteiger partial charge in [0.15, 0.2) is 0 Å². The fraction of sp³-hybridized carbons (Fsp3) is 0.381. The predicted molar refractivity (Wildman–Crippen MR) is 118 cm³/mol. The van der Waals surface area contributed by atoms with E-state index in [1.54, 1.807) is 0 Å². The molecule has 0 saturated carbocycles. The molecule has 0 unspecified atom stereocenters. The minimum absolute atomic E-state index is 0.0858. The average molecular weight is 432 g/mol. The number of hydrazine groups is 1. The molecule has 0 saturated heterocycles. The summed E-state index contributed by atoms with van der Waals surface area (Å²) < 4.78 is 0. The summed E-state index contributed by atoms with van der Waals surface area (Å²) in [6.45, 7) is 1.95. The Morgan fingerprint density at radius 2 is 1.79 bits per heavy atom. The summed E-state index contributed by atoms with van der Waals surface area (Å²) in [6, 6.07) is 9.48. The number of hydrogen-bond donors (Lipinski definition) is 3. The van der Waals surface area contributed by atoms with Crippen LogP contribution in [0.3, 0.4) is 0 Å². The van der Waals surface area contributed by atoms with Crippen molar-refractivity contribution in [1.82, 2.24) is 10.9 Å². The second-order valence-electron chi connectivity index (χ2n) is 7.03. The van der Waals surface area contributed by atoms with Gasteiger partial charge in [0.2, 0.25) is 11.8 Å². The number of hydrogen-bond acceptors (Lipinski definition) is 5. The number of carbonyl (C=O) groups is 3. The molecular weight excluding hydrogens is 406 g/mol. The lowest BCUT2D eigenvalue weighted by atomic mass is 10.1. The summed E-state index contributed by atoms with van der Waals surface area (Å²) in [6.07, 6.45) is 5.61. The maximum absolute atomic E-state index is 12.3. The first-order valence-corrected chi connectivity index (χ1v) is 11.6. The Kier molecular flexibility index (Phi) is 7.71. The van der Waals surface area contributed by atoms with Gasteiger partial charge in [-0.3, -0.25) is 25.2 Å². The number of thiophene rings is 1. The third-order valence-corrected chi connectivity index (χ3v) is 6.72. The first kappa shape index (κ1) is 21.4. The lowest BCUT2D eigenvalue weighted by Crippen LogP contribution is -2.42. The Morgan fingerprint density at radius 1 is 1.00 bits per heavy atom. The lowest BCUT2D eigenvalue weighted by molar-refractivity contribution is -0.119. The van der Waals surface area contributed by atoms with Gasteiger partial charge in [-0.1, -0.05) is 18.6 Å². The number of fused-ring (bicyclic) bond motifs is 1. The SMILES string of the molecule is Cc1cccc(NC(=O)CSCC(=O)NNC(=O)c2cc3c(s2)CCCCC3)c1. The van der Waals surface area contributed by atoms with Crippen molar-refractivity contribution in [2.24, 2.45) is 0 Å². The Balaban J connectivity index is 1.36. The number of carbonyl (C=O) groups excluding carboxylic acids is 3. The zero-order chi connectivity index (χ0) is 20.6. The summed E-state index contributed by atoms with van der Waals surface area (Å²) in [5.74, 6) is -0.559. The van der Waals surface area contributed by atoms with Crippen molar-refractivity contribution >= 4 is 46.5 Å². The summed E-state index contributed by atoms with van der Waals surface area (Å²) in [4.78, 5) is 38.1. The van der Waals surface area contributed by atoms with Gasteiger partial charge in [0.1, 0.15) is 0 Å². The van der Waals surface area contributed by atoms with Gasteiger partial charge >= 0.3 is 0 Å². The van der Waals surface area contributed by atoms with Gasteiger partial charge in [-0.25, -0.2) is 0 Å². The van der Waals surface area contributed by atoms with E-state index in [2.05, 4.69) is 16.2 Å². The van der Waals surface area contributed by atoms with Crippen LogP contribution in [0, 0.1) is 6.92 Å². The molecule has 1 aliphatic rings. The quantitative estimate of drug-likeness (QED) is 0.483. The van der Waals surface area contributed by atoms with E-state index in [9.17, 15) is 14.4 Å². The molecule has 0 aliphatic heterocycles. The molecule has 154 valence electrons. The number of nitrogens with one attached hydrogen (secondary N) is 3. The van der Waals surface area contributed by atoms with Crippen molar-refractivity contribution in [1.29, 1.82) is 0 Å². The van der Waals surface area contributed by atoms with Crippen LogP contribution in [0.2, 0.25) is 0 Å². The van der Waals surface area contributed by atoms with Gasteiger partial charge in [0, 0.05) is 10.6 Å². The normalized spacial score (nSPS) is 13.1. The van der Waals surface area contributed by atoms with E-state index in [1.807, 2.05) is 37.3 Å². The van der Waals surface area contributed by atoms with Crippen LogP contribution < -0.4 is 16.2 Å². The maximum atomic E-state index is 12.3. The van der Waals surface area contributed by atoms with Crippen molar-refractivity contribution in [2.45, 2.75) is 39.0 Å². The van der Waals surface area contributed by atoms with Crippen LogP contribution in [0.5, 0.6) is 0 Å². The highest BCUT2D eigenvalue weighted by molar-refractivity contribution is 8.00. The van der Waals surface area contributed by atoms with Crippen molar-refractivity contribution in [2.75, 3.05) is 16.8 Å². The number of benzene rings is 1. The van der Waals surface area contributed by atoms with E-state index < -0.39 is 0 Å². The Hall–Kier alpha value is -2.32. The van der Waals surface area contributed by atoms with Crippen LogP contribution >= 0.6 is 23.1 Å². The van der Waals surface area contributed by atoms with E-state index in [-0.39, 0.29) is 29.2 Å². The fourth-order valence-corrected chi connectivity index (χ4v) is 4.93. The van der Waals surface area contributed by atoms with E-state index in [1.165, 1.54) is 46.4 Å². The minimum Gasteiger partial charge on any atom is -0.325 e. The monoisotopic (exact) mass is 431 g/mol. The molecule has 1 heterocycles.